The predicted octanol–water partition coefficient (Wildman–Crippen LogP) is 2.24. The van der Waals surface area contributed by atoms with Crippen molar-refractivity contribution in [2.75, 3.05) is 0 Å². The van der Waals surface area contributed by atoms with Gasteiger partial charge in [0, 0.05) is 13.2 Å². The molecule has 0 saturated carbocycles. The average molecular weight is 224 g/mol. The van der Waals surface area contributed by atoms with Gasteiger partial charge in [-0.3, -0.25) is 9.48 Å². The molecule has 0 aromatic carbocycles. The van der Waals surface area contributed by atoms with Gasteiger partial charge in [0.05, 0.1) is 11.6 Å². The maximum atomic E-state index is 11.3. The van der Waals surface area contributed by atoms with Crippen LogP contribution in [0.25, 0.3) is 0 Å². The first-order chi connectivity index (χ1) is 7.54. The van der Waals surface area contributed by atoms with Gasteiger partial charge in [-0.2, -0.15) is 5.10 Å². The maximum Gasteiger partial charge on any atom is 0.309 e. The van der Waals surface area contributed by atoms with Gasteiger partial charge >= 0.3 is 5.97 Å². The molecule has 90 valence electrons. The monoisotopic (exact) mass is 224 g/mol. The minimum atomic E-state index is -0.679. The standard InChI is InChI=1S/C12H20N2O2/c1-4-12(5-2,11(15)16)7-6-10-8-13-14(3)9-10/h8-9H,4-7H2,1-3H3,(H,15,16). The zero-order valence-corrected chi connectivity index (χ0v) is 10.2. The predicted molar refractivity (Wildman–Crippen MR) is 62.2 cm³/mol. The number of carboxylic acid groups (broad SMARTS) is 1. The van der Waals surface area contributed by atoms with Gasteiger partial charge in [0.2, 0.25) is 0 Å². The van der Waals surface area contributed by atoms with E-state index in [0.29, 0.717) is 19.3 Å². The molecule has 1 heterocycles. The molecule has 1 rings (SSSR count). The molecule has 4 heteroatoms. The fraction of sp³-hybridized carbons (Fsp3) is 0.667. The van der Waals surface area contributed by atoms with E-state index in [1.165, 1.54) is 0 Å². The molecule has 0 spiro atoms. The Bertz CT molecular complexity index is 354. The average Bonchev–Trinajstić information content (AvgIpc) is 2.66. The van der Waals surface area contributed by atoms with Crippen molar-refractivity contribution in [2.24, 2.45) is 12.5 Å². The molecule has 1 aromatic rings. The summed E-state index contributed by atoms with van der Waals surface area (Å²) in [6.07, 6.45) is 6.57. The fourth-order valence-electron chi connectivity index (χ4n) is 2.00. The minimum absolute atomic E-state index is 0.574. The van der Waals surface area contributed by atoms with Crippen LogP contribution in [0.4, 0.5) is 0 Å². The number of nitrogens with zero attached hydrogens (tertiary/aromatic N) is 2. The first-order valence-corrected chi connectivity index (χ1v) is 5.75. The first kappa shape index (κ1) is 12.7. The van der Waals surface area contributed by atoms with Gasteiger partial charge in [0.25, 0.3) is 0 Å². The van der Waals surface area contributed by atoms with Crippen molar-refractivity contribution in [3.63, 3.8) is 0 Å². The van der Waals surface area contributed by atoms with Gasteiger partial charge in [-0.1, -0.05) is 13.8 Å². The van der Waals surface area contributed by atoms with Crippen LogP contribution in [-0.4, -0.2) is 20.9 Å². The Kier molecular flexibility index (Phi) is 4.10. The summed E-state index contributed by atoms with van der Waals surface area (Å²) in [5.41, 5.74) is 0.533. The second kappa shape index (κ2) is 5.14. The molecule has 0 atom stereocenters. The largest absolute Gasteiger partial charge is 0.481 e. The summed E-state index contributed by atoms with van der Waals surface area (Å²) in [4.78, 5) is 11.3. The van der Waals surface area contributed by atoms with Crippen molar-refractivity contribution in [1.82, 2.24) is 9.78 Å². The molecule has 0 aliphatic heterocycles. The lowest BCUT2D eigenvalue weighted by Crippen LogP contribution is -2.30. The number of aromatic nitrogens is 2. The first-order valence-electron chi connectivity index (χ1n) is 5.75. The molecule has 1 N–H and O–H groups in total. The Morgan fingerprint density at radius 1 is 1.50 bits per heavy atom. The van der Waals surface area contributed by atoms with Gasteiger partial charge in [0.1, 0.15) is 0 Å². The summed E-state index contributed by atoms with van der Waals surface area (Å²) in [5, 5.41) is 13.4. The van der Waals surface area contributed by atoms with Crippen LogP contribution in [0.5, 0.6) is 0 Å². The van der Waals surface area contributed by atoms with Crippen LogP contribution in [0.15, 0.2) is 12.4 Å². The van der Waals surface area contributed by atoms with Crippen LogP contribution in [0.2, 0.25) is 0 Å². The van der Waals surface area contributed by atoms with Crippen LogP contribution in [-0.2, 0) is 18.3 Å². The smallest absolute Gasteiger partial charge is 0.309 e. The van der Waals surface area contributed by atoms with Crippen molar-refractivity contribution in [3.8, 4) is 0 Å². The van der Waals surface area contributed by atoms with E-state index in [1.807, 2.05) is 27.1 Å². The molecule has 0 bridgehead atoms. The number of carboxylic acids is 1. The molecular formula is C12H20N2O2. The molecule has 1 aromatic heterocycles. The third-order valence-electron chi connectivity index (χ3n) is 3.46. The van der Waals surface area contributed by atoms with Crippen LogP contribution < -0.4 is 0 Å². The van der Waals surface area contributed by atoms with E-state index in [-0.39, 0.29) is 0 Å². The Morgan fingerprint density at radius 3 is 2.50 bits per heavy atom. The zero-order chi connectivity index (χ0) is 12.2. The number of hydrogen-bond donors (Lipinski definition) is 1. The number of aryl methyl sites for hydroxylation is 2. The van der Waals surface area contributed by atoms with Crippen molar-refractivity contribution in [1.29, 1.82) is 0 Å². The van der Waals surface area contributed by atoms with E-state index in [1.54, 1.807) is 10.9 Å². The topological polar surface area (TPSA) is 55.1 Å². The normalized spacial score (nSPS) is 11.7. The molecule has 0 saturated heterocycles. The van der Waals surface area contributed by atoms with E-state index >= 15 is 0 Å². The van der Waals surface area contributed by atoms with Crippen molar-refractivity contribution >= 4 is 5.97 Å². The lowest BCUT2D eigenvalue weighted by molar-refractivity contribution is -0.149. The van der Waals surface area contributed by atoms with Gasteiger partial charge < -0.3 is 5.11 Å². The van der Waals surface area contributed by atoms with Crippen LogP contribution >= 0.6 is 0 Å². The molecule has 0 aliphatic carbocycles. The Labute approximate surface area is 96.3 Å². The molecule has 0 amide bonds. The highest BCUT2D eigenvalue weighted by Crippen LogP contribution is 2.32. The highest BCUT2D eigenvalue weighted by molar-refractivity contribution is 5.74. The van der Waals surface area contributed by atoms with Crippen LogP contribution in [0, 0.1) is 5.41 Å². The van der Waals surface area contributed by atoms with E-state index in [0.717, 1.165) is 12.0 Å². The van der Waals surface area contributed by atoms with Gasteiger partial charge in [-0.25, -0.2) is 0 Å². The lowest BCUT2D eigenvalue weighted by Gasteiger charge is -2.26. The van der Waals surface area contributed by atoms with Crippen LogP contribution in [0.3, 0.4) is 0 Å². The number of rotatable bonds is 6. The van der Waals surface area contributed by atoms with Crippen molar-refractivity contribution in [2.45, 2.75) is 39.5 Å². The SMILES string of the molecule is CCC(CC)(CCc1cnn(C)c1)C(=O)O. The summed E-state index contributed by atoms with van der Waals surface area (Å²) < 4.78 is 1.75. The van der Waals surface area contributed by atoms with Crippen molar-refractivity contribution < 1.29 is 9.90 Å². The third kappa shape index (κ3) is 2.62. The molecule has 0 radical (unpaired) electrons. The summed E-state index contributed by atoms with van der Waals surface area (Å²) in [7, 11) is 1.87. The Balaban J connectivity index is 2.67. The van der Waals surface area contributed by atoms with E-state index in [9.17, 15) is 9.90 Å². The quantitative estimate of drug-likeness (QED) is 0.806. The summed E-state index contributed by atoms with van der Waals surface area (Å²) in [6.45, 7) is 3.89. The van der Waals surface area contributed by atoms with E-state index < -0.39 is 11.4 Å². The summed E-state index contributed by atoms with van der Waals surface area (Å²) >= 11 is 0. The van der Waals surface area contributed by atoms with E-state index in [2.05, 4.69) is 5.10 Å². The molecule has 4 nitrogen and oxygen atoms in total. The second-order valence-electron chi connectivity index (χ2n) is 4.31. The van der Waals surface area contributed by atoms with Crippen molar-refractivity contribution in [3.05, 3.63) is 18.0 Å². The highest BCUT2D eigenvalue weighted by Gasteiger charge is 2.34. The zero-order valence-electron chi connectivity index (χ0n) is 10.2. The number of aliphatic carboxylic acids is 1. The molecule has 0 aliphatic rings. The molecule has 16 heavy (non-hydrogen) atoms. The maximum absolute atomic E-state index is 11.3. The lowest BCUT2D eigenvalue weighted by atomic mass is 9.78. The Hall–Kier alpha value is -1.32. The Morgan fingerprint density at radius 2 is 2.12 bits per heavy atom. The molecule has 0 fully saturated rings. The molecular weight excluding hydrogens is 204 g/mol. The minimum Gasteiger partial charge on any atom is -0.481 e. The number of carbonyl (C=O) groups is 1. The molecule has 0 unspecified atom stereocenters. The third-order valence-corrected chi connectivity index (χ3v) is 3.46. The number of hydrogen-bond acceptors (Lipinski definition) is 2. The second-order valence-corrected chi connectivity index (χ2v) is 4.31. The van der Waals surface area contributed by atoms with E-state index in [4.69, 9.17) is 0 Å². The fourth-order valence-corrected chi connectivity index (χ4v) is 2.00. The van der Waals surface area contributed by atoms with Crippen LogP contribution in [0.1, 0.15) is 38.7 Å². The van der Waals surface area contributed by atoms with Gasteiger partial charge in [-0.15, -0.1) is 0 Å². The summed E-state index contributed by atoms with van der Waals surface area (Å²) in [6, 6.07) is 0. The van der Waals surface area contributed by atoms with Gasteiger partial charge in [-0.05, 0) is 31.2 Å². The van der Waals surface area contributed by atoms with Gasteiger partial charge in [0.15, 0.2) is 0 Å². The highest BCUT2D eigenvalue weighted by atomic mass is 16.4. The summed E-state index contributed by atoms with van der Waals surface area (Å²) in [5.74, 6) is -0.679.